The first-order valence-electron chi connectivity index (χ1n) is 12.9. The number of hydrogen-bond acceptors (Lipinski definition) is 6. The number of hydrogen-bond donors (Lipinski definition) is 1. The van der Waals surface area contributed by atoms with Crippen LogP contribution in [0, 0.1) is 0 Å². The molecule has 0 saturated carbocycles. The van der Waals surface area contributed by atoms with Crippen LogP contribution < -0.4 is 10.1 Å². The third-order valence-electron chi connectivity index (χ3n) is 6.92. The molecule has 3 heterocycles. The van der Waals surface area contributed by atoms with Crippen LogP contribution >= 0.6 is 38.6 Å². The van der Waals surface area contributed by atoms with Gasteiger partial charge in [-0.25, -0.2) is 15.0 Å². The van der Waals surface area contributed by atoms with Crippen LogP contribution in [0.4, 0.5) is 17.2 Å². The summed E-state index contributed by atoms with van der Waals surface area (Å²) < 4.78 is 3.23. The van der Waals surface area contributed by atoms with Crippen LogP contribution in [-0.2, 0) is 12.8 Å². The lowest BCUT2D eigenvalue weighted by molar-refractivity contribution is 0.700. The number of thiazole rings is 1. The maximum atomic E-state index is 5.05. The monoisotopic (exact) mass is 609 g/mol. The fourth-order valence-electron chi connectivity index (χ4n) is 5.00. The van der Waals surface area contributed by atoms with E-state index in [4.69, 9.17) is 4.99 Å². The molecule has 0 amide bonds. The third kappa shape index (κ3) is 4.95. The summed E-state index contributed by atoms with van der Waals surface area (Å²) in [6.07, 6.45) is 8.60. The number of fused-ring (bicyclic) bond motifs is 3. The Balaban J connectivity index is 1.23. The van der Waals surface area contributed by atoms with E-state index < -0.39 is 0 Å². The van der Waals surface area contributed by atoms with Gasteiger partial charge >= 0.3 is 0 Å². The zero-order valence-electron chi connectivity index (χ0n) is 21.0. The molecule has 8 heteroatoms. The highest BCUT2D eigenvalue weighted by molar-refractivity contribution is 9.10. The predicted octanol–water partition coefficient (Wildman–Crippen LogP) is 8.83. The van der Waals surface area contributed by atoms with Gasteiger partial charge in [0, 0.05) is 26.9 Å². The van der Waals surface area contributed by atoms with Crippen LogP contribution in [-0.4, -0.2) is 14.5 Å². The zero-order chi connectivity index (χ0) is 26.2. The minimum Gasteiger partial charge on any atom is -0.340 e. The van der Waals surface area contributed by atoms with E-state index in [1.54, 1.807) is 17.7 Å². The van der Waals surface area contributed by atoms with Crippen molar-refractivity contribution < 1.29 is 0 Å². The van der Waals surface area contributed by atoms with Gasteiger partial charge in [0.2, 0.25) is 0 Å². The molecule has 0 atom stereocenters. The number of anilines is 2. The highest BCUT2D eigenvalue weighted by atomic mass is 79.9. The molecule has 1 aliphatic rings. The second-order valence-corrected chi connectivity index (χ2v) is 12.5. The van der Waals surface area contributed by atoms with E-state index in [9.17, 15) is 0 Å². The summed E-state index contributed by atoms with van der Waals surface area (Å²) in [5.41, 5.74) is 5.57. The number of aromatic nitrogens is 3. The molecule has 0 radical (unpaired) electrons. The molecule has 0 aliphatic heterocycles. The van der Waals surface area contributed by atoms with Crippen molar-refractivity contribution in [2.45, 2.75) is 25.7 Å². The number of thiophene rings is 1. The summed E-state index contributed by atoms with van der Waals surface area (Å²) >= 11 is 7.04. The number of nitrogens with zero attached hydrogens (tertiary/aromatic N) is 4. The van der Waals surface area contributed by atoms with Crippen molar-refractivity contribution in [3.8, 4) is 16.1 Å². The first-order valence-corrected chi connectivity index (χ1v) is 15.3. The Morgan fingerprint density at radius 3 is 2.46 bits per heavy atom. The Labute approximate surface area is 242 Å². The Bertz CT molecular complexity index is 1840. The second kappa shape index (κ2) is 10.5. The Morgan fingerprint density at radius 1 is 0.846 bits per heavy atom. The smallest absolute Gasteiger partial charge is 0.195 e. The number of benzene rings is 3. The second-order valence-electron chi connectivity index (χ2n) is 9.49. The van der Waals surface area contributed by atoms with Crippen molar-refractivity contribution >= 4 is 66.0 Å². The summed E-state index contributed by atoms with van der Waals surface area (Å²) in [6.45, 7) is 0. The maximum Gasteiger partial charge on any atom is 0.195 e. The lowest BCUT2D eigenvalue weighted by atomic mass is 9.97. The molecule has 0 unspecified atom stereocenters. The molecule has 3 aromatic heterocycles. The van der Waals surface area contributed by atoms with Gasteiger partial charge in [0.15, 0.2) is 4.80 Å². The van der Waals surface area contributed by atoms with Gasteiger partial charge in [-0.2, -0.15) is 0 Å². The average molecular weight is 611 g/mol. The molecular weight excluding hydrogens is 586 g/mol. The van der Waals surface area contributed by atoms with E-state index >= 15 is 0 Å². The van der Waals surface area contributed by atoms with Crippen molar-refractivity contribution in [1.82, 2.24) is 14.5 Å². The van der Waals surface area contributed by atoms with Crippen LogP contribution in [0.15, 0.2) is 101 Å². The zero-order valence-corrected chi connectivity index (χ0v) is 24.2. The van der Waals surface area contributed by atoms with Crippen LogP contribution in [0.1, 0.15) is 23.3 Å². The lowest BCUT2D eigenvalue weighted by Crippen LogP contribution is -2.10. The highest BCUT2D eigenvalue weighted by Crippen LogP contribution is 2.39. The topological polar surface area (TPSA) is 55.1 Å². The van der Waals surface area contributed by atoms with Gasteiger partial charge < -0.3 is 5.32 Å². The molecule has 7 rings (SSSR count). The predicted molar refractivity (Wildman–Crippen MR) is 166 cm³/mol. The number of rotatable bonds is 5. The van der Waals surface area contributed by atoms with Crippen LogP contribution in [0.3, 0.4) is 0 Å². The summed E-state index contributed by atoms with van der Waals surface area (Å²) in [4.78, 5) is 18.9. The maximum absolute atomic E-state index is 5.05. The van der Waals surface area contributed by atoms with Gasteiger partial charge in [-0.1, -0.05) is 57.6 Å². The van der Waals surface area contributed by atoms with Crippen molar-refractivity contribution in [2.75, 3.05) is 5.32 Å². The van der Waals surface area contributed by atoms with E-state index in [-0.39, 0.29) is 0 Å². The molecule has 0 fully saturated rings. The average Bonchev–Trinajstić information content (AvgIpc) is 3.57. The molecular formula is C31H24BrN5S2. The van der Waals surface area contributed by atoms with Gasteiger partial charge in [-0.15, -0.1) is 11.3 Å². The normalized spacial score (nSPS) is 13.5. The fraction of sp³-hybridized carbons (Fsp3) is 0.129. The van der Waals surface area contributed by atoms with E-state index in [1.165, 1.54) is 34.2 Å². The van der Waals surface area contributed by atoms with E-state index in [1.807, 2.05) is 17.4 Å². The van der Waals surface area contributed by atoms with Crippen LogP contribution in [0.2, 0.25) is 0 Å². The standard InChI is InChI=1S/C31H24BrN5S2/c32-21-12-10-20(11-13-21)27-18-37(24-6-2-1-3-7-24)31(39-27)36-23-16-14-22(15-17-23)35-29-28-25-8-4-5-9-26(25)38-30(28)34-19-33-29/h1-3,6-7,10-19H,4-5,8-9H2,(H,33,34,35). The van der Waals surface area contributed by atoms with Gasteiger partial charge in [-0.3, -0.25) is 4.57 Å². The molecule has 1 aliphatic carbocycles. The quantitative estimate of drug-likeness (QED) is 0.212. The summed E-state index contributed by atoms with van der Waals surface area (Å²) in [7, 11) is 0. The fourth-order valence-corrected chi connectivity index (χ4v) is 7.51. The van der Waals surface area contributed by atoms with Gasteiger partial charge in [0.05, 0.1) is 16.0 Å². The molecule has 192 valence electrons. The summed E-state index contributed by atoms with van der Waals surface area (Å²) in [5, 5.41) is 4.74. The van der Waals surface area contributed by atoms with E-state index in [2.05, 4.69) is 115 Å². The molecule has 5 nitrogen and oxygen atoms in total. The molecule has 6 aromatic rings. The summed E-state index contributed by atoms with van der Waals surface area (Å²) in [6, 6.07) is 27.0. The number of para-hydroxylation sites is 1. The molecule has 39 heavy (non-hydrogen) atoms. The Hall–Kier alpha value is -3.59. The van der Waals surface area contributed by atoms with Crippen molar-refractivity contribution in [2.24, 2.45) is 4.99 Å². The largest absolute Gasteiger partial charge is 0.340 e. The van der Waals surface area contributed by atoms with Gasteiger partial charge in [0.25, 0.3) is 0 Å². The molecule has 0 spiro atoms. The Kier molecular flexibility index (Phi) is 6.60. The van der Waals surface area contributed by atoms with Crippen LogP contribution in [0.25, 0.3) is 26.3 Å². The SMILES string of the molecule is Brc1ccc(-c2cn(-c3ccccc3)c(=Nc3ccc(Nc4ncnc5sc6c(c45)CCCC6)cc3)s2)cc1. The summed E-state index contributed by atoms with van der Waals surface area (Å²) in [5.74, 6) is 0.892. The van der Waals surface area contributed by atoms with Crippen molar-refractivity contribution in [3.05, 3.63) is 111 Å². The minimum atomic E-state index is 0.892. The van der Waals surface area contributed by atoms with Gasteiger partial charge in [0.1, 0.15) is 17.0 Å². The third-order valence-corrected chi connectivity index (χ3v) is 9.68. The Morgan fingerprint density at radius 2 is 1.64 bits per heavy atom. The number of halogens is 1. The van der Waals surface area contributed by atoms with Gasteiger partial charge in [-0.05, 0) is 85.3 Å². The number of nitrogens with one attached hydrogen (secondary N) is 1. The van der Waals surface area contributed by atoms with Crippen LogP contribution in [0.5, 0.6) is 0 Å². The van der Waals surface area contributed by atoms with Crippen molar-refractivity contribution in [1.29, 1.82) is 0 Å². The molecule has 0 bridgehead atoms. The van der Waals surface area contributed by atoms with E-state index in [0.29, 0.717) is 0 Å². The van der Waals surface area contributed by atoms with E-state index in [0.717, 1.165) is 54.7 Å². The lowest BCUT2D eigenvalue weighted by Gasteiger charge is -2.12. The number of aryl methyl sites for hydroxylation is 2. The molecule has 1 N–H and O–H groups in total. The highest BCUT2D eigenvalue weighted by Gasteiger charge is 2.20. The van der Waals surface area contributed by atoms with Crippen molar-refractivity contribution in [3.63, 3.8) is 0 Å². The minimum absolute atomic E-state index is 0.892. The first kappa shape index (κ1) is 24.5. The first-order chi connectivity index (χ1) is 19.2. The molecule has 3 aromatic carbocycles. The molecule has 0 saturated heterocycles.